The van der Waals surface area contributed by atoms with Gasteiger partial charge < -0.3 is 0 Å². The van der Waals surface area contributed by atoms with Gasteiger partial charge in [-0.3, -0.25) is 0 Å². The van der Waals surface area contributed by atoms with Crippen LogP contribution in [0.4, 0.5) is 0 Å². The molecule has 0 aliphatic heterocycles. The van der Waals surface area contributed by atoms with Crippen molar-refractivity contribution in [3.63, 3.8) is 0 Å². The van der Waals surface area contributed by atoms with Gasteiger partial charge in [-0.2, -0.15) is 0 Å². The van der Waals surface area contributed by atoms with E-state index in [4.69, 9.17) is 0 Å². The number of fused-ring (bicyclic) bond motifs is 1. The zero-order chi connectivity index (χ0) is 18.8. The zero-order valence-corrected chi connectivity index (χ0v) is 18.4. The van der Waals surface area contributed by atoms with Crippen LogP contribution in [0.1, 0.15) is 0 Å². The van der Waals surface area contributed by atoms with Crippen molar-refractivity contribution in [1.82, 2.24) is 2.79 Å². The molecule has 1 heterocycles. The van der Waals surface area contributed by atoms with Crippen LogP contribution in [0.25, 0.3) is 10.9 Å². The molecule has 5 rings (SSSR count). The first kappa shape index (κ1) is 17.3. The Hall–Kier alpha value is -2.78. The van der Waals surface area contributed by atoms with Crippen molar-refractivity contribution >= 4 is 40.3 Å². The summed E-state index contributed by atoms with van der Waals surface area (Å²) >= 11 is -3.54. The third kappa shape index (κ3) is 2.69. The number of hydrogen-bond donors (Lipinski definition) is 0. The molecule has 0 spiro atoms. The van der Waals surface area contributed by atoms with Crippen LogP contribution in [0, 0.1) is 0 Å². The molecule has 28 heavy (non-hydrogen) atoms. The molecule has 1 aromatic heterocycles. The molecule has 0 radical (unpaired) electrons. The SMILES string of the molecule is c1cc[c]([Sn]([c]2ccccc2)([c]2ccccc2)[n]2ccc3ccccc32)cc1. The molecule has 1 nitrogen and oxygen atoms in total. The third-order valence-electron chi connectivity index (χ3n) is 5.54. The Kier molecular flexibility index (Phi) is 4.53. The second-order valence-electron chi connectivity index (χ2n) is 7.05. The number of rotatable bonds is 4. The average Bonchev–Trinajstić information content (AvgIpc) is 3.21. The Bertz CT molecular complexity index is 1100. The fourth-order valence-electron chi connectivity index (χ4n) is 4.33. The van der Waals surface area contributed by atoms with E-state index in [1.807, 2.05) is 0 Å². The van der Waals surface area contributed by atoms with E-state index in [-0.39, 0.29) is 0 Å². The van der Waals surface area contributed by atoms with Gasteiger partial charge in [0.25, 0.3) is 0 Å². The van der Waals surface area contributed by atoms with Crippen LogP contribution >= 0.6 is 0 Å². The van der Waals surface area contributed by atoms with E-state index >= 15 is 0 Å². The summed E-state index contributed by atoms with van der Waals surface area (Å²) in [6.07, 6.45) is 2.31. The normalized spacial score (nSPS) is 11.6. The van der Waals surface area contributed by atoms with Gasteiger partial charge in [0.15, 0.2) is 0 Å². The summed E-state index contributed by atoms with van der Waals surface area (Å²) in [5, 5.41) is 1.30. The first-order valence-electron chi connectivity index (χ1n) is 9.64. The minimum absolute atomic E-state index is 1.30. The number of hydrogen-bond acceptors (Lipinski definition) is 0. The van der Waals surface area contributed by atoms with Crippen LogP contribution in [0.15, 0.2) is 128 Å². The maximum absolute atomic E-state index is 3.54. The molecule has 2 heteroatoms. The first-order valence-corrected chi connectivity index (χ1v) is 15.2. The first-order chi connectivity index (χ1) is 13.9. The molecule has 0 saturated heterocycles. The zero-order valence-electron chi connectivity index (χ0n) is 15.6. The van der Waals surface area contributed by atoms with E-state index in [1.54, 1.807) is 0 Å². The van der Waals surface area contributed by atoms with Crippen molar-refractivity contribution in [1.29, 1.82) is 0 Å². The third-order valence-corrected chi connectivity index (χ3v) is 18.7. The van der Waals surface area contributed by atoms with Crippen LogP contribution in [-0.4, -0.2) is 21.4 Å². The van der Waals surface area contributed by atoms with E-state index < -0.39 is 18.7 Å². The Labute approximate surface area is 170 Å². The molecule has 0 amide bonds. The minimum atomic E-state index is -3.54. The number of para-hydroxylation sites is 1. The van der Waals surface area contributed by atoms with E-state index in [9.17, 15) is 0 Å². The molecule has 4 aromatic carbocycles. The van der Waals surface area contributed by atoms with Gasteiger partial charge >= 0.3 is 171 Å². The molecule has 5 aromatic rings. The summed E-state index contributed by atoms with van der Waals surface area (Å²) in [5.74, 6) is 0. The van der Waals surface area contributed by atoms with Gasteiger partial charge in [0.2, 0.25) is 0 Å². The molecule has 0 unspecified atom stereocenters. The van der Waals surface area contributed by atoms with E-state index in [1.165, 1.54) is 21.6 Å². The fraction of sp³-hybridized carbons (Fsp3) is 0. The van der Waals surface area contributed by atoms with Crippen molar-refractivity contribution in [3.05, 3.63) is 128 Å². The van der Waals surface area contributed by atoms with Crippen LogP contribution in [-0.2, 0) is 0 Å². The van der Waals surface area contributed by atoms with Gasteiger partial charge in [-0.25, -0.2) is 0 Å². The summed E-state index contributed by atoms with van der Waals surface area (Å²) in [6.45, 7) is 0. The molecule has 0 aliphatic carbocycles. The van der Waals surface area contributed by atoms with Crippen LogP contribution in [0.5, 0.6) is 0 Å². The van der Waals surface area contributed by atoms with Crippen LogP contribution < -0.4 is 10.7 Å². The maximum atomic E-state index is 2.63. The summed E-state index contributed by atoms with van der Waals surface area (Å²) in [4.78, 5) is 0. The van der Waals surface area contributed by atoms with Gasteiger partial charge in [-0.1, -0.05) is 0 Å². The predicted molar refractivity (Wildman–Crippen MR) is 121 cm³/mol. The van der Waals surface area contributed by atoms with Gasteiger partial charge in [0.05, 0.1) is 0 Å². The summed E-state index contributed by atoms with van der Waals surface area (Å²) in [5.41, 5.74) is 1.31. The molecule has 0 atom stereocenters. The van der Waals surface area contributed by atoms with Crippen molar-refractivity contribution in [3.8, 4) is 0 Å². The number of aromatic nitrogens is 1. The Morgan fingerprint density at radius 1 is 0.429 bits per heavy atom. The quantitative estimate of drug-likeness (QED) is 0.351. The molecule has 134 valence electrons. The van der Waals surface area contributed by atoms with Gasteiger partial charge in [-0.15, -0.1) is 0 Å². The topological polar surface area (TPSA) is 4.93 Å². The van der Waals surface area contributed by atoms with E-state index in [2.05, 4.69) is 130 Å². The molecule has 0 N–H and O–H groups in total. The fourth-order valence-corrected chi connectivity index (χ4v) is 17.8. The van der Waals surface area contributed by atoms with Gasteiger partial charge in [0, 0.05) is 0 Å². The average molecular weight is 466 g/mol. The molecular formula is C26H21NSn. The molecule has 0 saturated carbocycles. The number of benzene rings is 4. The van der Waals surface area contributed by atoms with Gasteiger partial charge in [-0.05, 0) is 0 Å². The van der Waals surface area contributed by atoms with Crippen molar-refractivity contribution < 1.29 is 0 Å². The van der Waals surface area contributed by atoms with E-state index in [0.717, 1.165) is 0 Å². The summed E-state index contributed by atoms with van der Waals surface area (Å²) in [7, 11) is 0. The van der Waals surface area contributed by atoms with Gasteiger partial charge in [0.1, 0.15) is 0 Å². The molecule has 0 aliphatic rings. The second kappa shape index (κ2) is 7.33. The predicted octanol–water partition coefficient (Wildman–Crippen LogP) is 4.16. The van der Waals surface area contributed by atoms with Crippen molar-refractivity contribution in [2.45, 2.75) is 0 Å². The van der Waals surface area contributed by atoms with Crippen molar-refractivity contribution in [2.75, 3.05) is 0 Å². The molecular weight excluding hydrogens is 445 g/mol. The summed E-state index contributed by atoms with van der Waals surface area (Å²) < 4.78 is 6.99. The second-order valence-corrected chi connectivity index (χ2v) is 17.4. The van der Waals surface area contributed by atoms with E-state index in [0.29, 0.717) is 0 Å². The monoisotopic (exact) mass is 467 g/mol. The Morgan fingerprint density at radius 2 is 0.857 bits per heavy atom. The summed E-state index contributed by atoms with van der Waals surface area (Å²) in [6, 6.07) is 44.4. The molecule has 0 fully saturated rings. The number of nitrogens with zero attached hydrogens (tertiary/aromatic N) is 1. The Balaban J connectivity index is 1.96. The standard InChI is InChI=1S/C8H6N.3C6H5.Sn/c1-2-4-8-7(3-1)5-6-9-8;3*1-2-4-6-5-3-1;/h1-6H;3*1-5H;/q-1;;;;+1. The van der Waals surface area contributed by atoms with Crippen molar-refractivity contribution in [2.24, 2.45) is 0 Å². The molecule has 0 bridgehead atoms. The Morgan fingerprint density at radius 3 is 1.36 bits per heavy atom. The van der Waals surface area contributed by atoms with Crippen LogP contribution in [0.2, 0.25) is 0 Å². The van der Waals surface area contributed by atoms with Crippen LogP contribution in [0.3, 0.4) is 0 Å².